The number of aryl methyl sites for hydroxylation is 2. The molecule has 15 heteroatoms. The predicted octanol–water partition coefficient (Wildman–Crippen LogP) is 7.18. The summed E-state index contributed by atoms with van der Waals surface area (Å²) in [6, 6.07) is 21.0. The van der Waals surface area contributed by atoms with E-state index in [0.29, 0.717) is 74.5 Å². The van der Waals surface area contributed by atoms with Crippen molar-refractivity contribution in [1.82, 2.24) is 54.9 Å². The number of benzene rings is 1. The average Bonchev–Trinajstić information content (AvgIpc) is 3.79. The predicted molar refractivity (Wildman–Crippen MR) is 235 cm³/mol. The minimum atomic E-state index is 0.377. The Kier molecular flexibility index (Phi) is 9.12. The molecule has 59 heavy (non-hydrogen) atoms. The van der Waals surface area contributed by atoms with Crippen LogP contribution in [-0.2, 0) is 7.05 Å². The van der Waals surface area contributed by atoms with Crippen molar-refractivity contribution < 1.29 is 0 Å². The summed E-state index contributed by atoms with van der Waals surface area (Å²) < 4.78 is 3.53. The fourth-order valence-corrected chi connectivity index (χ4v) is 8.90. The Bertz CT molecular complexity index is 3000. The maximum Gasteiger partial charge on any atom is 0.387 e. The Morgan fingerprint density at radius 1 is 0.712 bits per heavy atom. The van der Waals surface area contributed by atoms with Gasteiger partial charge in [-0.2, -0.15) is 10.2 Å². The highest BCUT2D eigenvalue weighted by Gasteiger charge is 2.25. The second kappa shape index (κ2) is 14.5. The van der Waals surface area contributed by atoms with Crippen LogP contribution in [0.5, 0.6) is 0 Å². The van der Waals surface area contributed by atoms with E-state index in [1.54, 1.807) is 9.20 Å². The molecular weight excluding hydrogens is 760 g/mol. The van der Waals surface area contributed by atoms with E-state index >= 15 is 0 Å². The standard InChI is InChI=1S/C44H44ClN14/c1-24-18-57(19-25(2)49-24)33-11-29-7-8-37(52-42(29)47-16-33)39-14-40(44-51-28(5)22-59(44)54-39)46-15-31-9-30(10-32-23-56(6)55-41(31)32)38-13-36(45)35-12-34(17-48-43(35)53-38)58-20-26(3)50-27(4)21-58/h7-14,16-17,22-27,49-50H,18-21H2,1-6H3/q+1/t24-,25+,26?,27?. The minimum Gasteiger partial charge on any atom is -0.367 e. The third-order valence-electron chi connectivity index (χ3n) is 11.1. The second-order valence-corrected chi connectivity index (χ2v) is 16.7. The Labute approximate surface area is 346 Å². The van der Waals surface area contributed by atoms with E-state index in [2.05, 4.69) is 78.5 Å². The summed E-state index contributed by atoms with van der Waals surface area (Å²) in [6.45, 7) is 14.4. The number of aromatic nitrogens is 9. The summed E-state index contributed by atoms with van der Waals surface area (Å²) in [5, 5.41) is 20.1. The van der Waals surface area contributed by atoms with E-state index in [1.165, 1.54) is 0 Å². The lowest BCUT2D eigenvalue weighted by atomic mass is 10.0. The number of fused-ring (bicyclic) bond motifs is 4. The Hall–Kier alpha value is -6.27. The van der Waals surface area contributed by atoms with Crippen LogP contribution in [0.1, 0.15) is 39.0 Å². The molecule has 2 aliphatic rings. The molecule has 8 aromatic rings. The summed E-state index contributed by atoms with van der Waals surface area (Å²) in [5.41, 5.74) is 9.68. The van der Waals surface area contributed by atoms with Crippen molar-refractivity contribution in [2.45, 2.75) is 58.8 Å². The number of nitrogens with one attached hydrogen (secondary N) is 2. The monoisotopic (exact) mass is 803 g/mol. The topological polar surface area (TPSA) is 134 Å². The van der Waals surface area contributed by atoms with E-state index in [9.17, 15) is 0 Å². The molecule has 9 heterocycles. The quantitative estimate of drug-likeness (QED) is 0.187. The van der Waals surface area contributed by atoms with E-state index in [0.717, 1.165) is 70.5 Å². The van der Waals surface area contributed by atoms with E-state index in [-0.39, 0.29) is 0 Å². The van der Waals surface area contributed by atoms with E-state index < -0.39 is 0 Å². The zero-order valence-electron chi connectivity index (χ0n) is 33.8. The van der Waals surface area contributed by atoms with Gasteiger partial charge in [-0.3, -0.25) is 4.68 Å². The van der Waals surface area contributed by atoms with Gasteiger partial charge in [-0.25, -0.2) is 29.4 Å². The van der Waals surface area contributed by atoms with Crippen molar-refractivity contribution in [1.29, 1.82) is 0 Å². The van der Waals surface area contributed by atoms with Crippen molar-refractivity contribution in [3.05, 3.63) is 94.4 Å². The van der Waals surface area contributed by atoms with Gasteiger partial charge < -0.3 is 20.4 Å². The maximum atomic E-state index is 7.00. The summed E-state index contributed by atoms with van der Waals surface area (Å²) in [4.78, 5) is 33.9. The molecule has 0 spiro atoms. The fraction of sp³-hybridized carbons (Fsp3) is 0.318. The molecule has 10 rings (SSSR count). The summed E-state index contributed by atoms with van der Waals surface area (Å²) in [6.07, 6.45) is 7.67. The molecule has 0 amide bonds. The van der Waals surface area contributed by atoms with Gasteiger partial charge in [-0.1, -0.05) is 11.6 Å². The van der Waals surface area contributed by atoms with Gasteiger partial charge in [0.15, 0.2) is 11.3 Å². The maximum absolute atomic E-state index is 7.00. The molecule has 1 aromatic carbocycles. The smallest absolute Gasteiger partial charge is 0.367 e. The van der Waals surface area contributed by atoms with Crippen LogP contribution in [0.2, 0.25) is 5.02 Å². The lowest BCUT2D eigenvalue weighted by Crippen LogP contribution is -2.54. The van der Waals surface area contributed by atoms with E-state index in [1.807, 2.05) is 63.0 Å². The molecular formula is C44H44ClN14+. The number of imidazole rings is 1. The van der Waals surface area contributed by atoms with Crippen LogP contribution in [0, 0.1) is 13.0 Å². The lowest BCUT2D eigenvalue weighted by Gasteiger charge is -2.37. The van der Waals surface area contributed by atoms with Crippen LogP contribution >= 0.6 is 11.6 Å². The molecule has 2 aliphatic heterocycles. The third-order valence-corrected chi connectivity index (χ3v) is 11.4. The number of hydrogen-bond acceptors (Lipinski definition) is 11. The third kappa shape index (κ3) is 7.15. The summed E-state index contributed by atoms with van der Waals surface area (Å²) in [7, 11) is 1.90. The van der Waals surface area contributed by atoms with Gasteiger partial charge in [0.05, 0.1) is 58.1 Å². The van der Waals surface area contributed by atoms with Crippen LogP contribution < -0.4 is 20.4 Å². The van der Waals surface area contributed by atoms with Crippen molar-refractivity contribution >= 4 is 67.3 Å². The highest BCUT2D eigenvalue weighted by atomic mass is 35.5. The molecule has 2 saturated heterocycles. The van der Waals surface area contributed by atoms with Crippen LogP contribution in [0.15, 0.2) is 73.3 Å². The number of piperazine rings is 2. The number of anilines is 2. The normalized spacial score (nSPS) is 19.8. The van der Waals surface area contributed by atoms with E-state index in [4.69, 9.17) is 51.6 Å². The number of rotatable bonds is 4. The molecule has 2 fully saturated rings. The molecule has 0 saturated carbocycles. The molecule has 14 nitrogen and oxygen atoms in total. The number of nitrogens with zero attached hydrogens (tertiary/aromatic N) is 12. The minimum absolute atomic E-state index is 0.377. The van der Waals surface area contributed by atoms with Gasteiger partial charge >= 0.3 is 11.8 Å². The first-order valence-corrected chi connectivity index (χ1v) is 20.4. The Morgan fingerprint density at radius 2 is 1.39 bits per heavy atom. The van der Waals surface area contributed by atoms with Crippen molar-refractivity contribution in [2.24, 2.45) is 7.05 Å². The summed E-state index contributed by atoms with van der Waals surface area (Å²) in [5.74, 6) is 0. The van der Waals surface area contributed by atoms with Crippen molar-refractivity contribution in [2.75, 3.05) is 36.0 Å². The molecule has 2 N–H and O–H groups in total. The van der Waals surface area contributed by atoms with Crippen LogP contribution in [0.4, 0.5) is 17.1 Å². The zero-order chi connectivity index (χ0) is 40.5. The highest BCUT2D eigenvalue weighted by Crippen LogP contribution is 2.34. The SMILES string of the molecule is Cc1cn2nc(-c3ccc4cc(N5C[C@@H](C)N[C@@H](C)C5)cnc4n3)cc([N+]#Cc3cc(-c4cc(Cl)c5cc(N6CC(C)NC(C)C6)cnc5n4)cc4cn(C)nc34)c2n1. The summed E-state index contributed by atoms with van der Waals surface area (Å²) >= 11 is 7.00. The molecule has 0 bridgehead atoms. The Morgan fingerprint density at radius 3 is 2.12 bits per heavy atom. The van der Waals surface area contributed by atoms with Crippen molar-refractivity contribution in [3.8, 4) is 28.7 Å². The zero-order valence-corrected chi connectivity index (χ0v) is 34.6. The van der Waals surface area contributed by atoms with Gasteiger partial charge in [0.25, 0.3) is 0 Å². The molecule has 0 radical (unpaired) electrons. The molecule has 7 aromatic heterocycles. The van der Waals surface area contributed by atoms with Crippen LogP contribution in [0.3, 0.4) is 0 Å². The fourth-order valence-electron chi connectivity index (χ4n) is 8.66. The second-order valence-electron chi connectivity index (χ2n) is 16.3. The van der Waals surface area contributed by atoms with Gasteiger partial charge in [-0.15, -0.1) is 0 Å². The Balaban J connectivity index is 1.01. The molecule has 296 valence electrons. The molecule has 2 unspecified atom stereocenters. The average molecular weight is 804 g/mol. The largest absolute Gasteiger partial charge is 0.387 e. The molecule has 4 atom stereocenters. The first-order valence-electron chi connectivity index (χ1n) is 20.1. The first kappa shape index (κ1) is 37.0. The van der Waals surface area contributed by atoms with Gasteiger partial charge in [0.2, 0.25) is 5.65 Å². The first-order chi connectivity index (χ1) is 28.5. The lowest BCUT2D eigenvalue weighted by molar-refractivity contribution is 0.407. The van der Waals surface area contributed by atoms with Gasteiger partial charge in [0.1, 0.15) is 16.8 Å². The van der Waals surface area contributed by atoms with Gasteiger partial charge in [0, 0.05) is 85.3 Å². The molecule has 0 aliphatic carbocycles. The number of hydrogen-bond donors (Lipinski definition) is 2. The number of pyridine rings is 4. The van der Waals surface area contributed by atoms with Crippen LogP contribution in [-0.4, -0.2) is 94.7 Å². The van der Waals surface area contributed by atoms with Crippen molar-refractivity contribution in [3.63, 3.8) is 0 Å². The highest BCUT2D eigenvalue weighted by molar-refractivity contribution is 6.35. The number of halogens is 1. The van der Waals surface area contributed by atoms with Gasteiger partial charge in [-0.05, 0) is 81.9 Å². The van der Waals surface area contributed by atoms with Crippen LogP contribution in [0.25, 0.3) is 66.1 Å².